The van der Waals surface area contributed by atoms with Gasteiger partial charge in [0.05, 0.1) is 12.9 Å². The third-order valence-electron chi connectivity index (χ3n) is 3.66. The Morgan fingerprint density at radius 1 is 1.48 bits per heavy atom. The highest BCUT2D eigenvalue weighted by molar-refractivity contribution is 6.33. The Hall–Kier alpha value is -2.01. The lowest BCUT2D eigenvalue weighted by Gasteiger charge is -2.30. The summed E-state index contributed by atoms with van der Waals surface area (Å²) >= 11 is 0. The van der Waals surface area contributed by atoms with E-state index >= 15 is 0 Å². The van der Waals surface area contributed by atoms with Crippen molar-refractivity contribution >= 4 is 30.6 Å². The van der Waals surface area contributed by atoms with Crippen LogP contribution in [0.1, 0.15) is 0 Å². The summed E-state index contributed by atoms with van der Waals surface area (Å²) in [5, 5.41) is 36.6. The molecular formula is C11H13N5O5. The molecule has 0 spiro atoms. The second-order valence-corrected chi connectivity index (χ2v) is 4.81. The number of rotatable bonds is 3. The zero-order chi connectivity index (χ0) is 15.2. The first-order valence-electron chi connectivity index (χ1n) is 6.17. The average Bonchev–Trinajstić information content (AvgIpc) is 3.00. The number of hydrogen-bond acceptors (Lipinski definition) is 9. The lowest BCUT2D eigenvalue weighted by atomic mass is 9.98. The Bertz CT molecular complexity index is 575. The number of nitrogens with one attached hydrogen (secondary N) is 1. The molecule has 1 fully saturated rings. The molecule has 112 valence electrons. The second-order valence-electron chi connectivity index (χ2n) is 4.81. The van der Waals surface area contributed by atoms with E-state index in [9.17, 15) is 15.0 Å². The topological polar surface area (TPSA) is 151 Å². The Morgan fingerprint density at radius 3 is 2.86 bits per heavy atom. The highest BCUT2D eigenvalue weighted by atomic mass is 16.6. The van der Waals surface area contributed by atoms with E-state index in [0.717, 1.165) is 6.34 Å². The Kier molecular flexibility index (Phi) is 3.17. The van der Waals surface area contributed by atoms with Gasteiger partial charge in [-0.15, -0.1) is 0 Å². The van der Waals surface area contributed by atoms with Gasteiger partial charge < -0.3 is 20.1 Å². The summed E-state index contributed by atoms with van der Waals surface area (Å²) in [6.45, 7) is -0.470. The lowest BCUT2D eigenvalue weighted by Crippen LogP contribution is -2.54. The van der Waals surface area contributed by atoms with Crippen molar-refractivity contribution in [2.24, 2.45) is 15.0 Å². The zero-order valence-electron chi connectivity index (χ0n) is 10.7. The van der Waals surface area contributed by atoms with Crippen molar-refractivity contribution in [3.8, 4) is 0 Å². The van der Waals surface area contributed by atoms with E-state index in [0.29, 0.717) is 6.29 Å². The van der Waals surface area contributed by atoms with Crippen LogP contribution in [0.2, 0.25) is 0 Å². The van der Waals surface area contributed by atoms with E-state index in [1.807, 2.05) is 0 Å². The fourth-order valence-corrected chi connectivity index (χ4v) is 2.47. The van der Waals surface area contributed by atoms with Crippen LogP contribution < -0.4 is 0 Å². The van der Waals surface area contributed by atoms with E-state index in [1.165, 1.54) is 11.2 Å². The summed E-state index contributed by atoms with van der Waals surface area (Å²) in [5.41, 5.74) is -1.65. The molecule has 10 nitrogen and oxygen atoms in total. The minimum absolute atomic E-state index is 0.0624. The molecule has 4 N–H and O–H groups in total. The minimum Gasteiger partial charge on any atom is -0.394 e. The molecule has 0 aliphatic carbocycles. The molecule has 0 saturated carbocycles. The summed E-state index contributed by atoms with van der Waals surface area (Å²) in [7, 11) is 0. The van der Waals surface area contributed by atoms with Crippen molar-refractivity contribution in [3.05, 3.63) is 0 Å². The molecule has 0 amide bonds. The fourth-order valence-electron chi connectivity index (χ4n) is 2.47. The van der Waals surface area contributed by atoms with Gasteiger partial charge in [0.15, 0.2) is 24.2 Å². The van der Waals surface area contributed by atoms with Gasteiger partial charge in [-0.3, -0.25) is 15.1 Å². The quantitative estimate of drug-likeness (QED) is 0.411. The van der Waals surface area contributed by atoms with Crippen LogP contribution in [0.4, 0.5) is 0 Å². The molecule has 0 radical (unpaired) electrons. The van der Waals surface area contributed by atoms with Gasteiger partial charge in [0.25, 0.3) is 0 Å². The van der Waals surface area contributed by atoms with Gasteiger partial charge in [-0.2, -0.15) is 0 Å². The molecule has 0 bridgehead atoms. The molecule has 5 atom stereocenters. The van der Waals surface area contributed by atoms with Crippen molar-refractivity contribution < 1.29 is 24.9 Å². The van der Waals surface area contributed by atoms with E-state index in [1.54, 1.807) is 0 Å². The molecule has 0 aromatic heterocycles. The van der Waals surface area contributed by atoms with Crippen molar-refractivity contribution in [2.45, 2.75) is 30.1 Å². The smallest absolute Gasteiger partial charge is 0.233 e. The summed E-state index contributed by atoms with van der Waals surface area (Å²) in [6.07, 6.45) is -1.90. The summed E-state index contributed by atoms with van der Waals surface area (Å²) in [5.74, 6) is -0.236. The number of fused-ring (bicyclic) bond motifs is 1. The van der Waals surface area contributed by atoms with Crippen LogP contribution in [0.15, 0.2) is 15.0 Å². The largest absolute Gasteiger partial charge is 0.394 e. The van der Waals surface area contributed by atoms with Crippen LogP contribution in [0.25, 0.3) is 0 Å². The van der Waals surface area contributed by atoms with Gasteiger partial charge in [-0.05, 0) is 0 Å². The van der Waals surface area contributed by atoms with Crippen molar-refractivity contribution in [3.63, 3.8) is 0 Å². The number of carbonyl (C=O) groups excluding carboxylic acids is 1. The summed E-state index contributed by atoms with van der Waals surface area (Å²) < 4.78 is 5.37. The predicted molar refractivity (Wildman–Crippen MR) is 70.5 cm³/mol. The number of aldehydes is 1. The van der Waals surface area contributed by atoms with Gasteiger partial charge in [-0.25, -0.2) is 15.0 Å². The fraction of sp³-hybridized carbons (Fsp3) is 0.545. The van der Waals surface area contributed by atoms with Crippen LogP contribution in [-0.2, 0) is 9.53 Å². The maximum absolute atomic E-state index is 11.4. The van der Waals surface area contributed by atoms with E-state index in [-0.39, 0.29) is 11.7 Å². The van der Waals surface area contributed by atoms with Crippen LogP contribution in [0, 0.1) is 5.41 Å². The van der Waals surface area contributed by atoms with Gasteiger partial charge in [0.1, 0.15) is 24.7 Å². The van der Waals surface area contributed by atoms with Crippen LogP contribution in [0.5, 0.6) is 0 Å². The molecule has 1 saturated heterocycles. The number of aliphatic hydroxyl groups is 3. The monoisotopic (exact) mass is 295 g/mol. The van der Waals surface area contributed by atoms with Gasteiger partial charge in [-0.1, -0.05) is 0 Å². The second kappa shape index (κ2) is 4.77. The molecule has 10 heteroatoms. The summed E-state index contributed by atoms with van der Waals surface area (Å²) in [6, 6.07) is 0. The predicted octanol–water partition coefficient (Wildman–Crippen LogP) is -2.88. The van der Waals surface area contributed by atoms with Gasteiger partial charge in [0.2, 0.25) is 5.54 Å². The van der Waals surface area contributed by atoms with Crippen LogP contribution in [-0.4, -0.2) is 87.5 Å². The third-order valence-corrected chi connectivity index (χ3v) is 3.66. The number of nitrogens with zero attached hydrogens (tertiary/aromatic N) is 4. The number of amidine groups is 2. The Labute approximate surface area is 118 Å². The van der Waals surface area contributed by atoms with Crippen molar-refractivity contribution in [2.75, 3.05) is 6.61 Å². The first-order chi connectivity index (χ1) is 10.0. The minimum atomic E-state index is -1.65. The maximum Gasteiger partial charge on any atom is 0.233 e. The molecule has 0 aromatic carbocycles. The van der Waals surface area contributed by atoms with E-state index in [4.69, 9.17) is 15.3 Å². The molecule has 3 rings (SSSR count). The SMILES string of the molecule is N=C1N=CN=C2N([C@@H]3O[C@H](CO)[C@@H](O)[C@H]3O)C=NC12C=O. The first kappa shape index (κ1) is 13.9. The highest BCUT2D eigenvalue weighted by Crippen LogP contribution is 2.30. The Morgan fingerprint density at radius 2 is 2.24 bits per heavy atom. The molecule has 3 heterocycles. The maximum atomic E-state index is 11.4. The molecule has 3 aliphatic heterocycles. The van der Waals surface area contributed by atoms with Crippen LogP contribution >= 0.6 is 0 Å². The highest BCUT2D eigenvalue weighted by Gasteiger charge is 2.54. The number of aliphatic hydroxyl groups excluding tert-OH is 3. The summed E-state index contributed by atoms with van der Waals surface area (Å²) in [4.78, 5) is 24.2. The standard InChI is InChI=1S/C11H13N5O5/c12-9-11(2-18)10(14-3-13-9)16(4-15-11)8-7(20)6(19)5(1-17)21-8/h2-8,12,17,19-20H,1H2/t5-,6-,7-,8-,11?/m1/s1. The third kappa shape index (κ3) is 1.77. The lowest BCUT2D eigenvalue weighted by molar-refractivity contribution is -0.109. The van der Waals surface area contributed by atoms with Crippen LogP contribution in [0.3, 0.4) is 0 Å². The number of carbonyl (C=O) groups is 1. The van der Waals surface area contributed by atoms with Crippen molar-refractivity contribution in [1.29, 1.82) is 5.41 Å². The van der Waals surface area contributed by atoms with E-state index in [2.05, 4.69) is 15.0 Å². The van der Waals surface area contributed by atoms with Gasteiger partial charge in [0, 0.05) is 0 Å². The number of hydrogen-bond donors (Lipinski definition) is 4. The van der Waals surface area contributed by atoms with Crippen molar-refractivity contribution in [1.82, 2.24) is 4.90 Å². The number of ether oxygens (including phenoxy) is 1. The van der Waals surface area contributed by atoms with E-state index < -0.39 is 36.7 Å². The molecule has 1 unspecified atom stereocenters. The van der Waals surface area contributed by atoms with Gasteiger partial charge >= 0.3 is 0 Å². The zero-order valence-corrected chi connectivity index (χ0v) is 10.7. The molecule has 21 heavy (non-hydrogen) atoms. The number of aliphatic imine (C=N–C) groups is 3. The Balaban J connectivity index is 1.94. The first-order valence-corrected chi connectivity index (χ1v) is 6.17. The normalized spacial score (nSPS) is 41.4. The average molecular weight is 295 g/mol. The molecule has 0 aromatic rings. The molecule has 3 aliphatic rings. The molecular weight excluding hydrogens is 282 g/mol.